The number of ether oxygens (including phenoxy) is 3. The standard InChI is InChI=1S/C23H33N3O6/c1-16(2)14-32-22(28)12-20-23(29)24-8-9-26(20)21(27)13-25-17-5-3-6-18(11-17)31-15-19-7-4-10-30-19/h3,5-6,11,16,19-20,25H,4,7-10,12-15H2,1-2H3,(H,24,29). The Morgan fingerprint density at radius 3 is 2.94 bits per heavy atom. The zero-order chi connectivity index (χ0) is 22.9. The van der Waals surface area contributed by atoms with Gasteiger partial charge in [-0.2, -0.15) is 0 Å². The molecule has 9 nitrogen and oxygen atoms in total. The maximum atomic E-state index is 12.8. The van der Waals surface area contributed by atoms with Crippen LogP contribution in [0.25, 0.3) is 0 Å². The van der Waals surface area contributed by atoms with E-state index in [1.54, 1.807) is 0 Å². The fourth-order valence-electron chi connectivity index (χ4n) is 3.63. The number of anilines is 1. The molecule has 2 heterocycles. The minimum atomic E-state index is -0.862. The van der Waals surface area contributed by atoms with Crippen molar-refractivity contribution < 1.29 is 28.6 Å². The van der Waals surface area contributed by atoms with Gasteiger partial charge in [0.1, 0.15) is 18.4 Å². The highest BCUT2D eigenvalue weighted by molar-refractivity contribution is 5.93. The topological polar surface area (TPSA) is 106 Å². The molecule has 0 aromatic heterocycles. The van der Waals surface area contributed by atoms with Crippen LogP contribution in [0.3, 0.4) is 0 Å². The molecule has 32 heavy (non-hydrogen) atoms. The molecular formula is C23H33N3O6. The van der Waals surface area contributed by atoms with Crippen molar-refractivity contribution in [2.45, 2.75) is 45.3 Å². The van der Waals surface area contributed by atoms with Gasteiger partial charge in [0.2, 0.25) is 11.8 Å². The fourth-order valence-corrected chi connectivity index (χ4v) is 3.63. The summed E-state index contributed by atoms with van der Waals surface area (Å²) in [4.78, 5) is 38.7. The minimum absolute atomic E-state index is 0.0000110. The van der Waals surface area contributed by atoms with Crippen LogP contribution in [0.4, 0.5) is 5.69 Å². The van der Waals surface area contributed by atoms with Gasteiger partial charge in [-0.05, 0) is 30.9 Å². The zero-order valence-corrected chi connectivity index (χ0v) is 18.8. The van der Waals surface area contributed by atoms with Gasteiger partial charge in [-0.3, -0.25) is 14.4 Å². The largest absolute Gasteiger partial charge is 0.491 e. The molecule has 0 bridgehead atoms. The maximum absolute atomic E-state index is 12.8. The fraction of sp³-hybridized carbons (Fsp3) is 0.609. The Labute approximate surface area is 188 Å². The molecule has 2 aliphatic heterocycles. The molecule has 3 rings (SSSR count). The van der Waals surface area contributed by atoms with E-state index >= 15 is 0 Å². The SMILES string of the molecule is CC(C)COC(=O)CC1C(=O)NCCN1C(=O)CNc1cccc(OCC2CCCO2)c1. The smallest absolute Gasteiger partial charge is 0.308 e. The van der Waals surface area contributed by atoms with Crippen molar-refractivity contribution in [2.75, 3.05) is 44.8 Å². The van der Waals surface area contributed by atoms with Gasteiger partial charge in [-0.25, -0.2) is 0 Å². The molecule has 2 aliphatic rings. The minimum Gasteiger partial charge on any atom is -0.491 e. The second kappa shape index (κ2) is 11.7. The number of nitrogens with one attached hydrogen (secondary N) is 2. The van der Waals surface area contributed by atoms with Crippen molar-refractivity contribution in [3.05, 3.63) is 24.3 Å². The Morgan fingerprint density at radius 2 is 2.19 bits per heavy atom. The normalized spacial score (nSPS) is 20.7. The van der Waals surface area contributed by atoms with E-state index < -0.39 is 12.0 Å². The van der Waals surface area contributed by atoms with Gasteiger partial charge < -0.3 is 29.7 Å². The molecule has 0 saturated carbocycles. The van der Waals surface area contributed by atoms with E-state index in [1.807, 2.05) is 38.1 Å². The zero-order valence-electron chi connectivity index (χ0n) is 18.8. The number of rotatable bonds is 10. The Hall–Kier alpha value is -2.81. The van der Waals surface area contributed by atoms with E-state index in [1.165, 1.54) is 4.90 Å². The quantitative estimate of drug-likeness (QED) is 0.525. The van der Waals surface area contributed by atoms with E-state index in [9.17, 15) is 14.4 Å². The summed E-state index contributed by atoms with van der Waals surface area (Å²) in [5.41, 5.74) is 0.734. The average Bonchev–Trinajstić information content (AvgIpc) is 3.30. The summed E-state index contributed by atoms with van der Waals surface area (Å²) in [6.07, 6.45) is 2.03. The van der Waals surface area contributed by atoms with E-state index in [0.717, 1.165) is 25.1 Å². The monoisotopic (exact) mass is 447 g/mol. The first-order valence-corrected chi connectivity index (χ1v) is 11.2. The molecule has 2 atom stereocenters. The number of benzene rings is 1. The number of esters is 1. The van der Waals surface area contributed by atoms with Gasteiger partial charge in [0.05, 0.1) is 25.7 Å². The number of nitrogens with zero attached hydrogens (tertiary/aromatic N) is 1. The number of piperazine rings is 1. The molecule has 1 aromatic carbocycles. The van der Waals surface area contributed by atoms with Crippen molar-refractivity contribution in [1.82, 2.24) is 10.2 Å². The highest BCUT2D eigenvalue weighted by atomic mass is 16.5. The molecular weight excluding hydrogens is 414 g/mol. The van der Waals surface area contributed by atoms with Crippen LogP contribution >= 0.6 is 0 Å². The van der Waals surface area contributed by atoms with Gasteiger partial charge in [0.15, 0.2) is 0 Å². The van der Waals surface area contributed by atoms with Crippen LogP contribution in [0.2, 0.25) is 0 Å². The lowest BCUT2D eigenvalue weighted by atomic mass is 10.1. The number of hydrogen-bond donors (Lipinski definition) is 2. The summed E-state index contributed by atoms with van der Waals surface area (Å²) in [6.45, 7) is 6.14. The third kappa shape index (κ3) is 7.12. The van der Waals surface area contributed by atoms with Crippen molar-refractivity contribution in [1.29, 1.82) is 0 Å². The molecule has 1 aromatic rings. The summed E-state index contributed by atoms with van der Waals surface area (Å²) in [6, 6.07) is 6.51. The third-order valence-corrected chi connectivity index (χ3v) is 5.33. The Kier molecular flexibility index (Phi) is 8.72. The number of amides is 2. The van der Waals surface area contributed by atoms with Crippen LogP contribution in [0, 0.1) is 5.92 Å². The second-order valence-electron chi connectivity index (χ2n) is 8.50. The lowest BCUT2D eigenvalue weighted by Crippen LogP contribution is -2.58. The summed E-state index contributed by atoms with van der Waals surface area (Å²) in [5.74, 6) is -0.182. The molecule has 2 saturated heterocycles. The van der Waals surface area contributed by atoms with Gasteiger partial charge in [-0.1, -0.05) is 19.9 Å². The van der Waals surface area contributed by atoms with Crippen LogP contribution < -0.4 is 15.4 Å². The predicted octanol–water partition coefficient (Wildman–Crippen LogP) is 1.57. The van der Waals surface area contributed by atoms with E-state index in [2.05, 4.69) is 10.6 Å². The molecule has 2 N–H and O–H groups in total. The summed E-state index contributed by atoms with van der Waals surface area (Å²) >= 11 is 0. The number of carbonyl (C=O) groups is 3. The molecule has 0 aliphatic carbocycles. The molecule has 176 valence electrons. The van der Waals surface area contributed by atoms with Crippen LogP contribution in [-0.4, -0.2) is 74.3 Å². The summed E-state index contributed by atoms with van der Waals surface area (Å²) in [7, 11) is 0. The molecule has 2 unspecified atom stereocenters. The first-order valence-electron chi connectivity index (χ1n) is 11.2. The molecule has 0 spiro atoms. The molecule has 2 amide bonds. The molecule has 2 fully saturated rings. The van der Waals surface area contributed by atoms with E-state index in [0.29, 0.717) is 25.4 Å². The average molecular weight is 448 g/mol. The van der Waals surface area contributed by atoms with Crippen LogP contribution in [0.5, 0.6) is 5.75 Å². The van der Waals surface area contributed by atoms with Crippen LogP contribution in [0.1, 0.15) is 33.1 Å². The van der Waals surface area contributed by atoms with E-state index in [-0.39, 0.29) is 43.4 Å². The van der Waals surface area contributed by atoms with Gasteiger partial charge in [0.25, 0.3) is 0 Å². The molecule has 9 heteroatoms. The summed E-state index contributed by atoms with van der Waals surface area (Å²) in [5, 5.41) is 5.81. The highest BCUT2D eigenvalue weighted by Gasteiger charge is 2.35. The number of carbonyl (C=O) groups excluding carboxylic acids is 3. The van der Waals surface area contributed by atoms with Gasteiger partial charge in [0, 0.05) is 31.5 Å². The van der Waals surface area contributed by atoms with Crippen LogP contribution in [-0.2, 0) is 23.9 Å². The lowest BCUT2D eigenvalue weighted by Gasteiger charge is -2.34. The second-order valence-corrected chi connectivity index (χ2v) is 8.50. The van der Waals surface area contributed by atoms with Crippen molar-refractivity contribution in [3.63, 3.8) is 0 Å². The maximum Gasteiger partial charge on any atom is 0.308 e. The Balaban J connectivity index is 1.52. The van der Waals surface area contributed by atoms with Crippen molar-refractivity contribution >= 4 is 23.5 Å². The number of hydrogen-bond acceptors (Lipinski definition) is 7. The third-order valence-electron chi connectivity index (χ3n) is 5.33. The van der Waals surface area contributed by atoms with Gasteiger partial charge >= 0.3 is 5.97 Å². The molecule has 0 radical (unpaired) electrons. The first kappa shape index (κ1) is 23.8. The van der Waals surface area contributed by atoms with Crippen LogP contribution in [0.15, 0.2) is 24.3 Å². The first-order chi connectivity index (χ1) is 15.4. The van der Waals surface area contributed by atoms with Crippen molar-refractivity contribution in [2.24, 2.45) is 5.92 Å². The summed E-state index contributed by atoms with van der Waals surface area (Å²) < 4.78 is 16.6. The highest BCUT2D eigenvalue weighted by Crippen LogP contribution is 2.20. The van der Waals surface area contributed by atoms with Crippen molar-refractivity contribution in [3.8, 4) is 5.75 Å². The van der Waals surface area contributed by atoms with E-state index in [4.69, 9.17) is 14.2 Å². The Morgan fingerprint density at radius 1 is 1.34 bits per heavy atom. The van der Waals surface area contributed by atoms with Gasteiger partial charge in [-0.15, -0.1) is 0 Å². The lowest BCUT2D eigenvalue weighted by molar-refractivity contribution is -0.152. The Bertz CT molecular complexity index is 794. The predicted molar refractivity (Wildman–Crippen MR) is 118 cm³/mol.